The Kier molecular flexibility index (Phi) is 3.15. The predicted octanol–water partition coefficient (Wildman–Crippen LogP) is 3.17. The molecule has 0 fully saturated rings. The van der Waals surface area contributed by atoms with Crippen LogP contribution in [0.25, 0.3) is 10.2 Å². The van der Waals surface area contributed by atoms with Gasteiger partial charge in [0.1, 0.15) is 5.01 Å². The van der Waals surface area contributed by atoms with Gasteiger partial charge in [-0.05, 0) is 24.7 Å². The van der Waals surface area contributed by atoms with E-state index in [0.717, 1.165) is 28.1 Å². The Balaban J connectivity index is 2.32. The minimum absolute atomic E-state index is 0.869. The molecule has 0 unspecified atom stereocenters. The van der Waals surface area contributed by atoms with Crippen molar-refractivity contribution in [2.75, 3.05) is 6.54 Å². The number of thiazole rings is 1. The molecule has 2 aromatic rings. The van der Waals surface area contributed by atoms with Gasteiger partial charge in [-0.3, -0.25) is 0 Å². The topological polar surface area (TPSA) is 24.9 Å². The fraction of sp³-hybridized carbons (Fsp3) is 0.300. The van der Waals surface area contributed by atoms with Crippen LogP contribution in [-0.4, -0.2) is 11.5 Å². The average Bonchev–Trinajstić information content (AvgIpc) is 2.56. The van der Waals surface area contributed by atoms with E-state index in [9.17, 15) is 0 Å². The third kappa shape index (κ3) is 2.13. The van der Waals surface area contributed by atoms with Gasteiger partial charge in [0.2, 0.25) is 0 Å². The summed E-state index contributed by atoms with van der Waals surface area (Å²) < 4.78 is 2.34. The zero-order valence-electron chi connectivity index (χ0n) is 7.88. The molecule has 4 heteroatoms. The van der Waals surface area contributed by atoms with Crippen molar-refractivity contribution in [3.05, 3.63) is 27.7 Å². The molecule has 14 heavy (non-hydrogen) atoms. The van der Waals surface area contributed by atoms with Crippen LogP contribution in [0.3, 0.4) is 0 Å². The summed E-state index contributed by atoms with van der Waals surface area (Å²) in [4.78, 5) is 4.54. The lowest BCUT2D eigenvalue weighted by Crippen LogP contribution is -2.11. The molecule has 74 valence electrons. The van der Waals surface area contributed by atoms with Crippen molar-refractivity contribution in [3.8, 4) is 0 Å². The molecule has 0 bridgehead atoms. The Morgan fingerprint density at radius 3 is 3.14 bits per heavy atom. The van der Waals surface area contributed by atoms with Crippen LogP contribution in [-0.2, 0) is 6.54 Å². The molecule has 0 saturated heterocycles. The molecule has 1 aromatic carbocycles. The Morgan fingerprint density at radius 1 is 1.50 bits per heavy atom. The van der Waals surface area contributed by atoms with Gasteiger partial charge < -0.3 is 5.32 Å². The van der Waals surface area contributed by atoms with E-state index in [2.05, 4.69) is 51.4 Å². The second kappa shape index (κ2) is 4.38. The molecular weight excluding hydrogens is 260 g/mol. The van der Waals surface area contributed by atoms with Crippen LogP contribution in [0.4, 0.5) is 0 Å². The summed E-state index contributed by atoms with van der Waals surface area (Å²) in [5.74, 6) is 0. The maximum atomic E-state index is 4.54. The second-order valence-corrected chi connectivity index (χ2v) is 5.03. The fourth-order valence-corrected chi connectivity index (χ4v) is 2.52. The minimum Gasteiger partial charge on any atom is -0.311 e. The van der Waals surface area contributed by atoms with Crippen molar-refractivity contribution in [1.29, 1.82) is 0 Å². The van der Waals surface area contributed by atoms with Crippen molar-refractivity contribution in [3.63, 3.8) is 0 Å². The molecule has 0 atom stereocenters. The standard InChI is InChI=1S/C10H11BrN2S/c1-2-12-6-10-13-8-5-7(11)3-4-9(8)14-10/h3-5,12H,2,6H2,1H3. The van der Waals surface area contributed by atoms with Crippen LogP contribution >= 0.6 is 27.3 Å². The molecular formula is C10H11BrN2S. The van der Waals surface area contributed by atoms with Gasteiger partial charge in [-0.15, -0.1) is 11.3 Å². The number of halogens is 1. The number of hydrogen-bond acceptors (Lipinski definition) is 3. The van der Waals surface area contributed by atoms with Crippen molar-refractivity contribution in [2.45, 2.75) is 13.5 Å². The van der Waals surface area contributed by atoms with Crippen LogP contribution < -0.4 is 5.32 Å². The van der Waals surface area contributed by atoms with Crippen molar-refractivity contribution < 1.29 is 0 Å². The molecule has 2 nitrogen and oxygen atoms in total. The lowest BCUT2D eigenvalue weighted by molar-refractivity contribution is 0.724. The smallest absolute Gasteiger partial charge is 0.108 e. The largest absolute Gasteiger partial charge is 0.311 e. The van der Waals surface area contributed by atoms with Gasteiger partial charge in [0.05, 0.1) is 10.2 Å². The summed E-state index contributed by atoms with van der Waals surface area (Å²) in [6.07, 6.45) is 0. The molecule has 0 saturated carbocycles. The highest BCUT2D eigenvalue weighted by molar-refractivity contribution is 9.10. The molecule has 0 amide bonds. The van der Waals surface area contributed by atoms with E-state index in [0.29, 0.717) is 0 Å². The number of fused-ring (bicyclic) bond motifs is 1. The first kappa shape index (κ1) is 10.1. The van der Waals surface area contributed by atoms with Crippen LogP contribution in [0.5, 0.6) is 0 Å². The molecule has 0 radical (unpaired) electrons. The fourth-order valence-electron chi connectivity index (χ4n) is 1.26. The molecule has 0 spiro atoms. The quantitative estimate of drug-likeness (QED) is 0.927. The third-order valence-corrected chi connectivity index (χ3v) is 3.45. The first-order valence-electron chi connectivity index (χ1n) is 4.55. The first-order valence-corrected chi connectivity index (χ1v) is 6.16. The molecule has 1 heterocycles. The summed E-state index contributed by atoms with van der Waals surface area (Å²) in [5.41, 5.74) is 1.08. The summed E-state index contributed by atoms with van der Waals surface area (Å²) in [5, 5.41) is 4.43. The Labute approximate surface area is 95.5 Å². The van der Waals surface area contributed by atoms with Gasteiger partial charge in [-0.2, -0.15) is 0 Å². The minimum atomic E-state index is 0.869. The molecule has 1 aromatic heterocycles. The highest BCUT2D eigenvalue weighted by Gasteiger charge is 2.02. The molecule has 0 aliphatic rings. The van der Waals surface area contributed by atoms with E-state index in [-0.39, 0.29) is 0 Å². The van der Waals surface area contributed by atoms with Crippen LogP contribution in [0.15, 0.2) is 22.7 Å². The second-order valence-electron chi connectivity index (χ2n) is 3.00. The first-order chi connectivity index (χ1) is 6.79. The molecule has 0 aliphatic carbocycles. The highest BCUT2D eigenvalue weighted by Crippen LogP contribution is 2.24. The van der Waals surface area contributed by atoms with Gasteiger partial charge in [-0.25, -0.2) is 4.98 Å². The monoisotopic (exact) mass is 270 g/mol. The van der Waals surface area contributed by atoms with E-state index in [1.165, 1.54) is 4.70 Å². The van der Waals surface area contributed by atoms with E-state index >= 15 is 0 Å². The average molecular weight is 271 g/mol. The van der Waals surface area contributed by atoms with Gasteiger partial charge in [0.15, 0.2) is 0 Å². The zero-order chi connectivity index (χ0) is 9.97. The number of nitrogens with zero attached hydrogens (tertiary/aromatic N) is 1. The highest BCUT2D eigenvalue weighted by atomic mass is 79.9. The number of benzene rings is 1. The van der Waals surface area contributed by atoms with Crippen LogP contribution in [0.2, 0.25) is 0 Å². The van der Waals surface area contributed by atoms with Gasteiger partial charge >= 0.3 is 0 Å². The lowest BCUT2D eigenvalue weighted by Gasteiger charge is -1.93. The number of rotatable bonds is 3. The van der Waals surface area contributed by atoms with E-state index in [1.807, 2.05) is 0 Å². The summed E-state index contributed by atoms with van der Waals surface area (Å²) >= 11 is 5.19. The number of aromatic nitrogens is 1. The summed E-state index contributed by atoms with van der Waals surface area (Å²) in [6.45, 7) is 3.96. The van der Waals surface area contributed by atoms with Gasteiger partial charge in [0.25, 0.3) is 0 Å². The Bertz CT molecular complexity index is 439. The lowest BCUT2D eigenvalue weighted by atomic mass is 10.3. The summed E-state index contributed by atoms with van der Waals surface area (Å²) in [7, 11) is 0. The van der Waals surface area contributed by atoms with E-state index < -0.39 is 0 Å². The van der Waals surface area contributed by atoms with Gasteiger partial charge in [0, 0.05) is 11.0 Å². The van der Waals surface area contributed by atoms with E-state index in [1.54, 1.807) is 11.3 Å². The molecule has 2 rings (SSSR count). The number of hydrogen-bond donors (Lipinski definition) is 1. The molecule has 1 N–H and O–H groups in total. The summed E-state index contributed by atoms with van der Waals surface area (Å²) in [6, 6.07) is 6.21. The SMILES string of the molecule is CCNCc1nc2cc(Br)ccc2s1. The zero-order valence-corrected chi connectivity index (χ0v) is 10.3. The maximum Gasteiger partial charge on any atom is 0.108 e. The van der Waals surface area contributed by atoms with Crippen molar-refractivity contribution in [1.82, 2.24) is 10.3 Å². The normalized spacial score (nSPS) is 11.0. The van der Waals surface area contributed by atoms with Gasteiger partial charge in [-0.1, -0.05) is 22.9 Å². The number of nitrogens with one attached hydrogen (secondary N) is 1. The Morgan fingerprint density at radius 2 is 2.36 bits per heavy atom. The van der Waals surface area contributed by atoms with E-state index in [4.69, 9.17) is 0 Å². The third-order valence-electron chi connectivity index (χ3n) is 1.92. The van der Waals surface area contributed by atoms with Crippen molar-refractivity contribution >= 4 is 37.5 Å². The molecule has 0 aliphatic heterocycles. The van der Waals surface area contributed by atoms with Crippen molar-refractivity contribution in [2.24, 2.45) is 0 Å². The predicted molar refractivity (Wildman–Crippen MR) is 64.7 cm³/mol. The van der Waals surface area contributed by atoms with Crippen LogP contribution in [0, 0.1) is 0 Å². The Hall–Kier alpha value is -0.450. The maximum absolute atomic E-state index is 4.54. The van der Waals surface area contributed by atoms with Crippen LogP contribution in [0.1, 0.15) is 11.9 Å².